The molecule has 0 spiro atoms. The van der Waals surface area contributed by atoms with Gasteiger partial charge in [-0.15, -0.1) is 0 Å². The third-order valence-electron chi connectivity index (χ3n) is 4.95. The van der Waals surface area contributed by atoms with Gasteiger partial charge in [-0.05, 0) is 37.1 Å². The first kappa shape index (κ1) is 18.8. The zero-order valence-electron chi connectivity index (χ0n) is 15.4. The zero-order chi connectivity index (χ0) is 19.4. The Kier molecular flexibility index (Phi) is 5.34. The first-order valence-electron chi connectivity index (χ1n) is 8.95. The van der Waals surface area contributed by atoms with Gasteiger partial charge in [-0.25, -0.2) is 4.79 Å². The highest BCUT2D eigenvalue weighted by Gasteiger charge is 2.49. The van der Waals surface area contributed by atoms with Gasteiger partial charge in [-0.2, -0.15) is 0 Å². The summed E-state index contributed by atoms with van der Waals surface area (Å²) in [5.41, 5.74) is -0.926. The number of hydrogen-bond donors (Lipinski definition) is 1. The molecule has 1 aliphatic rings. The number of nitrogens with zero attached hydrogens (tertiary/aromatic N) is 2. The summed E-state index contributed by atoms with van der Waals surface area (Å²) < 4.78 is 10.7. The number of carbonyl (C=O) groups is 3. The average molecular weight is 373 g/mol. The van der Waals surface area contributed by atoms with Crippen molar-refractivity contribution in [1.29, 1.82) is 0 Å². The van der Waals surface area contributed by atoms with Crippen LogP contribution in [0.3, 0.4) is 0 Å². The Morgan fingerprint density at radius 2 is 1.63 bits per heavy atom. The lowest BCUT2D eigenvalue weighted by molar-refractivity contribution is -0.140. The number of carbonyl (C=O) groups excluding carboxylic acids is 3. The molecule has 8 heteroatoms. The van der Waals surface area contributed by atoms with Gasteiger partial charge in [0.1, 0.15) is 23.6 Å². The van der Waals surface area contributed by atoms with Crippen LogP contribution in [-0.2, 0) is 22.7 Å². The maximum absolute atomic E-state index is 12.9. The number of hydrogen-bond acceptors (Lipinski definition) is 5. The van der Waals surface area contributed by atoms with Crippen LogP contribution in [-0.4, -0.2) is 39.7 Å². The van der Waals surface area contributed by atoms with Crippen molar-refractivity contribution in [2.24, 2.45) is 0 Å². The topological polar surface area (TPSA) is 96.0 Å². The number of urea groups is 1. The van der Waals surface area contributed by atoms with E-state index in [0.717, 1.165) is 4.90 Å². The Labute approximate surface area is 157 Å². The fourth-order valence-electron chi connectivity index (χ4n) is 3.20. The van der Waals surface area contributed by atoms with Gasteiger partial charge in [-0.3, -0.25) is 14.5 Å². The molecule has 1 N–H and O–H groups in total. The highest BCUT2D eigenvalue weighted by Crippen LogP contribution is 2.25. The standard InChI is InChI=1S/C19H23N3O5/c1-3-19(4-2)17(24)22(18(25)20-19)13-16(23)21(11-14-7-5-9-26-14)12-15-8-6-10-27-15/h5-10H,3-4,11-13H2,1-2H3,(H,20,25). The number of furan rings is 2. The van der Waals surface area contributed by atoms with E-state index in [9.17, 15) is 14.4 Å². The summed E-state index contributed by atoms with van der Waals surface area (Å²) >= 11 is 0. The van der Waals surface area contributed by atoms with Crippen LogP contribution in [0.15, 0.2) is 45.6 Å². The van der Waals surface area contributed by atoms with Crippen molar-refractivity contribution >= 4 is 17.8 Å². The van der Waals surface area contributed by atoms with E-state index in [-0.39, 0.29) is 31.4 Å². The Hall–Kier alpha value is -3.03. The zero-order valence-corrected chi connectivity index (χ0v) is 15.4. The van der Waals surface area contributed by atoms with Crippen molar-refractivity contribution < 1.29 is 23.2 Å². The van der Waals surface area contributed by atoms with E-state index in [4.69, 9.17) is 8.83 Å². The predicted octanol–water partition coefficient (Wildman–Crippen LogP) is 2.51. The van der Waals surface area contributed by atoms with Gasteiger partial charge in [0.2, 0.25) is 5.91 Å². The van der Waals surface area contributed by atoms with Crippen LogP contribution >= 0.6 is 0 Å². The lowest BCUT2D eigenvalue weighted by Crippen LogP contribution is -2.47. The molecule has 0 aliphatic carbocycles. The molecule has 0 aromatic carbocycles. The molecule has 3 heterocycles. The number of rotatable bonds is 8. The summed E-state index contributed by atoms with van der Waals surface area (Å²) in [7, 11) is 0. The number of amides is 4. The largest absolute Gasteiger partial charge is 0.467 e. The fraction of sp³-hybridized carbons (Fsp3) is 0.421. The maximum atomic E-state index is 12.9. The van der Waals surface area contributed by atoms with E-state index in [2.05, 4.69) is 5.32 Å². The van der Waals surface area contributed by atoms with Crippen molar-refractivity contribution in [2.45, 2.75) is 45.3 Å². The quantitative estimate of drug-likeness (QED) is 0.717. The minimum Gasteiger partial charge on any atom is -0.467 e. The fourth-order valence-corrected chi connectivity index (χ4v) is 3.20. The molecular formula is C19H23N3O5. The van der Waals surface area contributed by atoms with Gasteiger partial charge in [-0.1, -0.05) is 13.8 Å². The molecule has 0 saturated carbocycles. The molecular weight excluding hydrogens is 350 g/mol. The second-order valence-corrected chi connectivity index (χ2v) is 6.52. The van der Waals surface area contributed by atoms with Crippen molar-refractivity contribution in [1.82, 2.24) is 15.1 Å². The van der Waals surface area contributed by atoms with E-state index in [1.807, 2.05) is 13.8 Å². The van der Waals surface area contributed by atoms with Crippen molar-refractivity contribution in [3.05, 3.63) is 48.3 Å². The minimum atomic E-state index is -0.926. The maximum Gasteiger partial charge on any atom is 0.325 e. The second-order valence-electron chi connectivity index (χ2n) is 6.52. The lowest BCUT2D eigenvalue weighted by atomic mass is 9.93. The summed E-state index contributed by atoms with van der Waals surface area (Å²) in [4.78, 5) is 40.4. The average Bonchev–Trinajstić information content (AvgIpc) is 3.40. The van der Waals surface area contributed by atoms with Crippen LogP contribution in [0.4, 0.5) is 4.79 Å². The van der Waals surface area contributed by atoms with Gasteiger partial charge in [0.25, 0.3) is 5.91 Å². The third kappa shape index (κ3) is 3.74. The summed E-state index contributed by atoms with van der Waals surface area (Å²) in [6.07, 6.45) is 4.00. The first-order valence-corrected chi connectivity index (χ1v) is 8.95. The van der Waals surface area contributed by atoms with Crippen LogP contribution in [0.2, 0.25) is 0 Å². The number of imide groups is 1. The Balaban J connectivity index is 1.75. The molecule has 0 radical (unpaired) electrons. The van der Waals surface area contributed by atoms with Gasteiger partial charge in [0, 0.05) is 0 Å². The first-order chi connectivity index (χ1) is 13.0. The molecule has 8 nitrogen and oxygen atoms in total. The van der Waals surface area contributed by atoms with Crippen molar-refractivity contribution in [2.75, 3.05) is 6.54 Å². The summed E-state index contributed by atoms with van der Waals surface area (Å²) in [5.74, 6) is 0.475. The van der Waals surface area contributed by atoms with Crippen LogP contribution in [0.25, 0.3) is 0 Å². The minimum absolute atomic E-state index is 0.211. The van der Waals surface area contributed by atoms with Crippen LogP contribution in [0, 0.1) is 0 Å². The van der Waals surface area contributed by atoms with Crippen LogP contribution < -0.4 is 5.32 Å². The molecule has 27 heavy (non-hydrogen) atoms. The molecule has 1 fully saturated rings. The monoisotopic (exact) mass is 373 g/mol. The second kappa shape index (κ2) is 7.69. The van der Waals surface area contributed by atoms with E-state index >= 15 is 0 Å². The molecule has 3 rings (SSSR count). The van der Waals surface area contributed by atoms with Crippen LogP contribution in [0.5, 0.6) is 0 Å². The van der Waals surface area contributed by atoms with E-state index in [1.54, 1.807) is 24.3 Å². The molecule has 2 aromatic rings. The Morgan fingerprint density at radius 1 is 1.07 bits per heavy atom. The number of nitrogens with one attached hydrogen (secondary N) is 1. The Bertz CT molecular complexity index is 757. The molecule has 0 unspecified atom stereocenters. The van der Waals surface area contributed by atoms with E-state index in [1.165, 1.54) is 17.4 Å². The molecule has 0 bridgehead atoms. The lowest BCUT2D eigenvalue weighted by Gasteiger charge is -2.25. The summed E-state index contributed by atoms with van der Waals surface area (Å²) in [5, 5.41) is 2.73. The van der Waals surface area contributed by atoms with Crippen molar-refractivity contribution in [3.8, 4) is 0 Å². The predicted molar refractivity (Wildman–Crippen MR) is 95.2 cm³/mol. The molecule has 1 saturated heterocycles. The highest BCUT2D eigenvalue weighted by molar-refractivity contribution is 6.08. The van der Waals surface area contributed by atoms with Gasteiger partial charge >= 0.3 is 6.03 Å². The smallest absolute Gasteiger partial charge is 0.325 e. The Morgan fingerprint density at radius 3 is 2.04 bits per heavy atom. The molecule has 4 amide bonds. The van der Waals surface area contributed by atoms with Crippen molar-refractivity contribution in [3.63, 3.8) is 0 Å². The van der Waals surface area contributed by atoms with Crippen LogP contribution in [0.1, 0.15) is 38.2 Å². The van der Waals surface area contributed by atoms with Gasteiger partial charge < -0.3 is 19.1 Å². The summed E-state index contributed by atoms with van der Waals surface area (Å²) in [6, 6.07) is 6.45. The molecule has 144 valence electrons. The third-order valence-corrected chi connectivity index (χ3v) is 4.95. The van der Waals surface area contributed by atoms with Gasteiger partial charge in [0.15, 0.2) is 0 Å². The molecule has 0 atom stereocenters. The SMILES string of the molecule is CCC1(CC)NC(=O)N(CC(=O)N(Cc2ccco2)Cc2ccco2)C1=O. The molecule has 2 aromatic heterocycles. The molecule has 1 aliphatic heterocycles. The normalized spacial score (nSPS) is 15.9. The van der Waals surface area contributed by atoms with E-state index < -0.39 is 11.6 Å². The van der Waals surface area contributed by atoms with E-state index in [0.29, 0.717) is 24.4 Å². The highest BCUT2D eigenvalue weighted by atomic mass is 16.3. The summed E-state index contributed by atoms with van der Waals surface area (Å²) in [6.45, 7) is 3.78. The van der Waals surface area contributed by atoms with Gasteiger partial charge in [0.05, 0.1) is 25.6 Å².